The summed E-state index contributed by atoms with van der Waals surface area (Å²) in [6, 6.07) is 9.73. The Hall–Kier alpha value is -2.92. The van der Waals surface area contributed by atoms with Crippen molar-refractivity contribution in [2.75, 3.05) is 32.5 Å². The molecule has 0 radical (unpaired) electrons. The van der Waals surface area contributed by atoms with Crippen LogP contribution in [0.1, 0.15) is 22.8 Å². The van der Waals surface area contributed by atoms with Gasteiger partial charge in [0.05, 0.1) is 16.1 Å². The van der Waals surface area contributed by atoms with Crippen molar-refractivity contribution in [3.05, 3.63) is 59.7 Å². The van der Waals surface area contributed by atoms with Crippen LogP contribution < -0.4 is 5.32 Å². The summed E-state index contributed by atoms with van der Waals surface area (Å²) in [5.41, 5.74) is -1.25. The molecule has 2 rings (SSSR count). The van der Waals surface area contributed by atoms with Crippen LogP contribution >= 0.6 is 0 Å². The molecule has 0 bridgehead atoms. The number of likely N-dealkylation sites (N-methyl/N-ethyl adjacent to an activating group) is 1. The molecule has 0 aliphatic carbocycles. The molecule has 0 atom stereocenters. The summed E-state index contributed by atoms with van der Waals surface area (Å²) in [6.07, 6.45) is -4.64. The number of sulfonamides is 1. The van der Waals surface area contributed by atoms with Crippen molar-refractivity contribution in [3.63, 3.8) is 0 Å². The molecule has 168 valence electrons. The summed E-state index contributed by atoms with van der Waals surface area (Å²) >= 11 is 0. The molecule has 11 heteroatoms. The highest BCUT2D eigenvalue weighted by molar-refractivity contribution is 7.89. The van der Waals surface area contributed by atoms with Crippen LogP contribution in [0, 0.1) is 0 Å². The molecule has 2 amide bonds. The number of para-hydroxylation sites is 1. The van der Waals surface area contributed by atoms with Crippen molar-refractivity contribution in [1.29, 1.82) is 0 Å². The molecule has 0 aliphatic heterocycles. The van der Waals surface area contributed by atoms with E-state index in [1.165, 1.54) is 50.5 Å². The monoisotopic (exact) mass is 457 g/mol. The third-order valence-electron chi connectivity index (χ3n) is 4.39. The van der Waals surface area contributed by atoms with Crippen LogP contribution in [0.2, 0.25) is 0 Å². The van der Waals surface area contributed by atoms with Crippen molar-refractivity contribution in [3.8, 4) is 0 Å². The zero-order valence-electron chi connectivity index (χ0n) is 17.1. The van der Waals surface area contributed by atoms with E-state index in [1.54, 1.807) is 6.92 Å². The van der Waals surface area contributed by atoms with Crippen molar-refractivity contribution in [1.82, 2.24) is 9.21 Å². The number of rotatable bonds is 7. The largest absolute Gasteiger partial charge is 0.418 e. The minimum Gasteiger partial charge on any atom is -0.330 e. The minimum atomic E-state index is -4.64. The first-order valence-corrected chi connectivity index (χ1v) is 10.6. The van der Waals surface area contributed by atoms with Gasteiger partial charge < -0.3 is 10.2 Å². The minimum absolute atomic E-state index is 0.00130. The first kappa shape index (κ1) is 24.4. The molecular weight excluding hydrogens is 435 g/mol. The Balaban J connectivity index is 2.15. The lowest BCUT2D eigenvalue weighted by Gasteiger charge is -2.21. The molecule has 2 aromatic carbocycles. The molecular formula is C20H22F3N3O4S. The summed E-state index contributed by atoms with van der Waals surface area (Å²) in [6.45, 7) is 1.25. The molecule has 0 heterocycles. The van der Waals surface area contributed by atoms with Crippen molar-refractivity contribution in [2.24, 2.45) is 0 Å². The second kappa shape index (κ2) is 9.48. The Kier molecular flexibility index (Phi) is 7.45. The number of carbonyl (C=O) groups excluding carboxylic acids is 2. The molecule has 0 aromatic heterocycles. The van der Waals surface area contributed by atoms with Crippen LogP contribution in [0.25, 0.3) is 0 Å². The van der Waals surface area contributed by atoms with Gasteiger partial charge in [0.25, 0.3) is 5.91 Å². The third-order valence-corrected chi connectivity index (χ3v) is 6.22. The summed E-state index contributed by atoms with van der Waals surface area (Å²) < 4.78 is 64.5. The molecule has 0 aliphatic rings. The van der Waals surface area contributed by atoms with E-state index in [-0.39, 0.29) is 17.0 Å². The van der Waals surface area contributed by atoms with Gasteiger partial charge in [-0.25, -0.2) is 12.7 Å². The molecule has 7 nitrogen and oxygen atoms in total. The van der Waals surface area contributed by atoms with Gasteiger partial charge >= 0.3 is 6.18 Å². The molecule has 0 spiro atoms. The number of carbonyl (C=O) groups is 2. The van der Waals surface area contributed by atoms with Gasteiger partial charge in [-0.05, 0) is 43.3 Å². The maximum atomic E-state index is 13.1. The lowest BCUT2D eigenvalue weighted by atomic mass is 10.1. The number of amides is 2. The van der Waals surface area contributed by atoms with Gasteiger partial charge in [0.2, 0.25) is 15.9 Å². The molecule has 0 saturated heterocycles. The van der Waals surface area contributed by atoms with Gasteiger partial charge in [0, 0.05) is 26.2 Å². The molecule has 0 fully saturated rings. The number of benzene rings is 2. The standard InChI is InChI=1S/C20H22F3N3O4S/c1-4-26(13-18(27)24-17-8-6-5-7-16(17)20(21,22)23)19(28)14-9-11-15(12-10-14)31(29,30)25(2)3/h5-12H,4,13H2,1-3H3,(H,24,27). The molecule has 31 heavy (non-hydrogen) atoms. The van der Waals surface area contributed by atoms with E-state index in [1.807, 2.05) is 0 Å². The Bertz CT molecular complexity index is 1050. The van der Waals surface area contributed by atoms with Crippen LogP contribution in [0.3, 0.4) is 0 Å². The first-order chi connectivity index (χ1) is 14.4. The van der Waals surface area contributed by atoms with Gasteiger partial charge in [-0.1, -0.05) is 12.1 Å². The molecule has 0 unspecified atom stereocenters. The quantitative estimate of drug-likeness (QED) is 0.693. The highest BCUT2D eigenvalue weighted by Crippen LogP contribution is 2.34. The Morgan fingerprint density at radius 2 is 1.58 bits per heavy atom. The Morgan fingerprint density at radius 1 is 1.00 bits per heavy atom. The van der Waals surface area contributed by atoms with Crippen molar-refractivity contribution < 1.29 is 31.2 Å². The average Bonchev–Trinajstić information content (AvgIpc) is 2.71. The van der Waals surface area contributed by atoms with Gasteiger partial charge in [0.1, 0.15) is 6.54 Å². The second-order valence-corrected chi connectivity index (χ2v) is 8.87. The number of anilines is 1. The normalized spacial score (nSPS) is 12.0. The van der Waals surface area contributed by atoms with Crippen molar-refractivity contribution >= 4 is 27.5 Å². The summed E-state index contributed by atoms with van der Waals surface area (Å²) in [7, 11) is -0.907. The number of nitrogens with one attached hydrogen (secondary N) is 1. The van der Waals surface area contributed by atoms with E-state index in [0.29, 0.717) is 0 Å². The van der Waals surface area contributed by atoms with Crippen LogP contribution in [0.15, 0.2) is 53.4 Å². The summed E-state index contributed by atoms with van der Waals surface area (Å²) in [5, 5.41) is 2.19. The van der Waals surface area contributed by atoms with Gasteiger partial charge in [0.15, 0.2) is 0 Å². The van der Waals surface area contributed by atoms with Gasteiger partial charge in [-0.3, -0.25) is 9.59 Å². The molecule has 0 saturated carbocycles. The molecule has 2 aromatic rings. The van der Waals surface area contributed by atoms with E-state index in [2.05, 4.69) is 5.32 Å². The van der Waals surface area contributed by atoms with Crippen LogP contribution in [0.5, 0.6) is 0 Å². The maximum absolute atomic E-state index is 13.1. The number of halogens is 3. The maximum Gasteiger partial charge on any atom is 0.418 e. The zero-order chi connectivity index (χ0) is 23.4. The predicted molar refractivity (Wildman–Crippen MR) is 109 cm³/mol. The lowest BCUT2D eigenvalue weighted by Crippen LogP contribution is -2.38. The number of nitrogens with zero attached hydrogens (tertiary/aromatic N) is 2. The average molecular weight is 457 g/mol. The van der Waals surface area contributed by atoms with E-state index < -0.39 is 45.8 Å². The number of alkyl halides is 3. The highest BCUT2D eigenvalue weighted by atomic mass is 32.2. The second-order valence-electron chi connectivity index (χ2n) is 6.72. The van der Waals surface area contributed by atoms with E-state index >= 15 is 0 Å². The zero-order valence-corrected chi connectivity index (χ0v) is 17.9. The predicted octanol–water partition coefficient (Wildman–Crippen LogP) is 3.06. The Labute approximate surface area is 178 Å². The number of hydrogen-bond acceptors (Lipinski definition) is 4. The van der Waals surface area contributed by atoms with Crippen LogP contribution in [-0.2, 0) is 21.0 Å². The SMILES string of the molecule is CCN(CC(=O)Nc1ccccc1C(F)(F)F)C(=O)c1ccc(S(=O)(=O)N(C)C)cc1. The van der Waals surface area contributed by atoms with Gasteiger partial charge in [-0.2, -0.15) is 13.2 Å². The number of hydrogen-bond donors (Lipinski definition) is 1. The highest BCUT2D eigenvalue weighted by Gasteiger charge is 2.33. The fourth-order valence-corrected chi connectivity index (χ4v) is 3.59. The van der Waals surface area contributed by atoms with Crippen molar-refractivity contribution in [2.45, 2.75) is 18.0 Å². The molecule has 1 N–H and O–H groups in total. The summed E-state index contributed by atoms with van der Waals surface area (Å²) in [5.74, 6) is -1.35. The fraction of sp³-hybridized carbons (Fsp3) is 0.300. The Morgan fingerprint density at radius 3 is 2.10 bits per heavy atom. The first-order valence-electron chi connectivity index (χ1n) is 9.16. The van der Waals surface area contributed by atoms with E-state index in [9.17, 15) is 31.2 Å². The van der Waals surface area contributed by atoms with E-state index in [4.69, 9.17) is 0 Å². The smallest absolute Gasteiger partial charge is 0.330 e. The topological polar surface area (TPSA) is 86.8 Å². The van der Waals surface area contributed by atoms with Crippen LogP contribution in [0.4, 0.5) is 18.9 Å². The van der Waals surface area contributed by atoms with Crippen LogP contribution in [-0.4, -0.2) is 56.6 Å². The van der Waals surface area contributed by atoms with Gasteiger partial charge in [-0.15, -0.1) is 0 Å². The van der Waals surface area contributed by atoms with E-state index in [0.717, 1.165) is 21.3 Å². The summed E-state index contributed by atoms with van der Waals surface area (Å²) in [4.78, 5) is 26.1. The fourth-order valence-electron chi connectivity index (χ4n) is 2.69. The lowest BCUT2D eigenvalue weighted by molar-refractivity contribution is -0.137. The third kappa shape index (κ3) is 5.82.